The van der Waals surface area contributed by atoms with Crippen molar-refractivity contribution in [1.29, 1.82) is 5.26 Å². The van der Waals surface area contributed by atoms with Gasteiger partial charge >= 0.3 is 0 Å². The molecule has 17 heavy (non-hydrogen) atoms. The Labute approximate surface area is 99.5 Å². The van der Waals surface area contributed by atoms with E-state index in [2.05, 4.69) is 6.07 Å². The second-order valence-electron chi connectivity index (χ2n) is 4.34. The Morgan fingerprint density at radius 2 is 2.24 bits per heavy atom. The Morgan fingerprint density at radius 3 is 2.94 bits per heavy atom. The van der Waals surface area contributed by atoms with Crippen molar-refractivity contribution in [2.24, 2.45) is 5.92 Å². The standard InChI is InChI=1S/C13H14F2N2/c14-13(15)11-4-2-6-17(9-11)12-5-1-3-10(7-12)8-16/h1,3,5,7,11,13H,2,4,6,9H2. The third-order valence-electron chi connectivity index (χ3n) is 3.15. The lowest BCUT2D eigenvalue weighted by atomic mass is 9.98. The zero-order valence-electron chi connectivity index (χ0n) is 9.44. The van der Waals surface area contributed by atoms with E-state index in [0.29, 0.717) is 18.5 Å². The van der Waals surface area contributed by atoms with Crippen molar-refractivity contribution < 1.29 is 8.78 Å². The molecule has 0 aromatic heterocycles. The molecule has 0 spiro atoms. The van der Waals surface area contributed by atoms with E-state index in [-0.39, 0.29) is 0 Å². The van der Waals surface area contributed by atoms with Crippen LogP contribution in [0.5, 0.6) is 0 Å². The molecule has 1 saturated heterocycles. The predicted molar refractivity (Wildman–Crippen MR) is 62.1 cm³/mol. The summed E-state index contributed by atoms with van der Waals surface area (Å²) in [6.45, 7) is 1.17. The minimum Gasteiger partial charge on any atom is -0.371 e. The van der Waals surface area contributed by atoms with E-state index in [1.807, 2.05) is 11.0 Å². The van der Waals surface area contributed by atoms with E-state index in [0.717, 1.165) is 18.7 Å². The van der Waals surface area contributed by atoms with Gasteiger partial charge in [0, 0.05) is 24.7 Å². The van der Waals surface area contributed by atoms with Gasteiger partial charge in [0.25, 0.3) is 0 Å². The van der Waals surface area contributed by atoms with E-state index < -0.39 is 12.3 Å². The summed E-state index contributed by atoms with van der Waals surface area (Å²) in [7, 11) is 0. The molecule has 0 radical (unpaired) electrons. The molecule has 1 unspecified atom stereocenters. The molecule has 1 aromatic rings. The summed E-state index contributed by atoms with van der Waals surface area (Å²) < 4.78 is 25.4. The summed E-state index contributed by atoms with van der Waals surface area (Å²) in [6.07, 6.45) is -0.880. The number of nitriles is 1. The number of anilines is 1. The van der Waals surface area contributed by atoms with Gasteiger partial charge < -0.3 is 4.90 Å². The highest BCUT2D eigenvalue weighted by atomic mass is 19.3. The van der Waals surface area contributed by atoms with Crippen molar-refractivity contribution in [3.63, 3.8) is 0 Å². The molecule has 1 heterocycles. The maximum Gasteiger partial charge on any atom is 0.243 e. The monoisotopic (exact) mass is 236 g/mol. The fourth-order valence-corrected chi connectivity index (χ4v) is 2.22. The third-order valence-corrected chi connectivity index (χ3v) is 3.15. The molecule has 1 aromatic carbocycles. The van der Waals surface area contributed by atoms with Crippen LogP contribution < -0.4 is 4.90 Å². The van der Waals surface area contributed by atoms with E-state index in [1.54, 1.807) is 18.2 Å². The maximum atomic E-state index is 12.7. The van der Waals surface area contributed by atoms with Gasteiger partial charge in [0.05, 0.1) is 11.6 Å². The second kappa shape index (κ2) is 5.13. The average Bonchev–Trinajstić information content (AvgIpc) is 2.39. The highest BCUT2D eigenvalue weighted by Crippen LogP contribution is 2.27. The van der Waals surface area contributed by atoms with Crippen molar-refractivity contribution in [1.82, 2.24) is 0 Å². The van der Waals surface area contributed by atoms with Gasteiger partial charge in [0.1, 0.15) is 0 Å². The predicted octanol–water partition coefficient (Wildman–Crippen LogP) is 3.04. The number of hydrogen-bond acceptors (Lipinski definition) is 2. The van der Waals surface area contributed by atoms with Crippen LogP contribution in [0, 0.1) is 17.2 Å². The van der Waals surface area contributed by atoms with Crippen LogP contribution in [0.4, 0.5) is 14.5 Å². The minimum atomic E-state index is -2.25. The zero-order valence-corrected chi connectivity index (χ0v) is 9.44. The summed E-state index contributed by atoms with van der Waals surface area (Å²) in [5.41, 5.74) is 1.44. The molecular formula is C13H14F2N2. The van der Waals surface area contributed by atoms with Crippen molar-refractivity contribution in [3.8, 4) is 6.07 Å². The van der Waals surface area contributed by atoms with E-state index in [1.165, 1.54) is 0 Å². The Kier molecular flexibility index (Phi) is 3.58. The summed E-state index contributed by atoms with van der Waals surface area (Å²) in [4.78, 5) is 1.95. The number of halogens is 2. The van der Waals surface area contributed by atoms with E-state index in [9.17, 15) is 8.78 Å². The minimum absolute atomic E-state index is 0.381. The lowest BCUT2D eigenvalue weighted by molar-refractivity contribution is 0.0687. The molecule has 1 atom stereocenters. The molecule has 0 N–H and O–H groups in total. The first-order valence-corrected chi connectivity index (χ1v) is 5.74. The summed E-state index contributed by atoms with van der Waals surface area (Å²) in [5.74, 6) is -0.547. The Bertz CT molecular complexity index is 426. The van der Waals surface area contributed by atoms with Crippen molar-refractivity contribution in [2.75, 3.05) is 18.0 Å². The molecule has 0 saturated carbocycles. The maximum absolute atomic E-state index is 12.7. The second-order valence-corrected chi connectivity index (χ2v) is 4.34. The lowest BCUT2D eigenvalue weighted by Gasteiger charge is -2.34. The molecule has 90 valence electrons. The summed E-state index contributed by atoms with van der Waals surface area (Å²) in [5, 5.41) is 8.81. The highest BCUT2D eigenvalue weighted by molar-refractivity contribution is 5.51. The van der Waals surface area contributed by atoms with Crippen LogP contribution >= 0.6 is 0 Å². The van der Waals surface area contributed by atoms with Crippen LogP contribution in [-0.2, 0) is 0 Å². The van der Waals surface area contributed by atoms with Crippen LogP contribution in [0.25, 0.3) is 0 Å². The van der Waals surface area contributed by atoms with Crippen LogP contribution in [0.2, 0.25) is 0 Å². The Morgan fingerprint density at radius 1 is 1.41 bits per heavy atom. The van der Waals surface area contributed by atoms with Crippen molar-refractivity contribution in [3.05, 3.63) is 29.8 Å². The van der Waals surface area contributed by atoms with Gasteiger partial charge in [-0.1, -0.05) is 6.07 Å². The fourth-order valence-electron chi connectivity index (χ4n) is 2.22. The number of piperidine rings is 1. The first-order chi connectivity index (χ1) is 8.20. The summed E-state index contributed by atoms with van der Waals surface area (Å²) in [6, 6.07) is 9.20. The quantitative estimate of drug-likeness (QED) is 0.789. The van der Waals surface area contributed by atoms with Gasteiger partial charge in [-0.05, 0) is 31.0 Å². The summed E-state index contributed by atoms with van der Waals surface area (Å²) >= 11 is 0. The lowest BCUT2D eigenvalue weighted by Crippen LogP contribution is -2.38. The molecule has 0 aliphatic carbocycles. The van der Waals surface area contributed by atoms with E-state index in [4.69, 9.17) is 5.26 Å². The number of benzene rings is 1. The fraction of sp³-hybridized carbons (Fsp3) is 0.462. The van der Waals surface area contributed by atoms with Gasteiger partial charge in [0.2, 0.25) is 6.43 Å². The molecule has 1 fully saturated rings. The Balaban J connectivity index is 2.13. The molecule has 0 amide bonds. The third kappa shape index (κ3) is 2.73. The SMILES string of the molecule is N#Cc1cccc(N2CCCC(C(F)F)C2)c1. The molecular weight excluding hydrogens is 222 g/mol. The molecule has 1 aliphatic rings. The van der Waals surface area contributed by atoms with Crippen LogP contribution in [0.3, 0.4) is 0 Å². The van der Waals surface area contributed by atoms with Crippen LogP contribution in [-0.4, -0.2) is 19.5 Å². The molecule has 0 bridgehead atoms. The van der Waals surface area contributed by atoms with Crippen LogP contribution in [0.15, 0.2) is 24.3 Å². The highest BCUT2D eigenvalue weighted by Gasteiger charge is 2.27. The largest absolute Gasteiger partial charge is 0.371 e. The average molecular weight is 236 g/mol. The first-order valence-electron chi connectivity index (χ1n) is 5.74. The van der Waals surface area contributed by atoms with Crippen molar-refractivity contribution >= 4 is 5.69 Å². The van der Waals surface area contributed by atoms with Gasteiger partial charge in [0.15, 0.2) is 0 Å². The molecule has 1 aliphatic heterocycles. The van der Waals surface area contributed by atoms with Gasteiger partial charge in [-0.3, -0.25) is 0 Å². The number of alkyl halides is 2. The van der Waals surface area contributed by atoms with Crippen molar-refractivity contribution in [2.45, 2.75) is 19.3 Å². The van der Waals surface area contributed by atoms with Gasteiger partial charge in [-0.25, -0.2) is 8.78 Å². The van der Waals surface area contributed by atoms with Gasteiger partial charge in [-0.15, -0.1) is 0 Å². The normalized spacial score (nSPS) is 20.4. The topological polar surface area (TPSA) is 27.0 Å². The first kappa shape index (κ1) is 11.8. The zero-order chi connectivity index (χ0) is 12.3. The number of hydrogen-bond donors (Lipinski definition) is 0. The molecule has 4 heteroatoms. The van der Waals surface area contributed by atoms with E-state index >= 15 is 0 Å². The van der Waals surface area contributed by atoms with Crippen LogP contribution in [0.1, 0.15) is 18.4 Å². The Hall–Kier alpha value is -1.63. The number of rotatable bonds is 2. The molecule has 2 rings (SSSR count). The number of nitrogens with zero attached hydrogens (tertiary/aromatic N) is 2. The molecule has 2 nitrogen and oxygen atoms in total. The smallest absolute Gasteiger partial charge is 0.243 e. The van der Waals surface area contributed by atoms with Gasteiger partial charge in [-0.2, -0.15) is 5.26 Å².